The highest BCUT2D eigenvalue weighted by Crippen LogP contribution is 2.16. The first kappa shape index (κ1) is 16.9. The second-order valence-corrected chi connectivity index (χ2v) is 6.15. The van der Waals surface area contributed by atoms with E-state index in [1.165, 1.54) is 5.56 Å². The van der Waals surface area contributed by atoms with E-state index >= 15 is 0 Å². The minimum Gasteiger partial charge on any atom is -0.472 e. The fraction of sp³-hybridized carbons (Fsp3) is 0.688. The van der Waals surface area contributed by atoms with Crippen LogP contribution in [0, 0.1) is 0 Å². The molecule has 20 heavy (non-hydrogen) atoms. The number of aryl methyl sites for hydroxylation is 1. The summed E-state index contributed by atoms with van der Waals surface area (Å²) in [6, 6.07) is 4.14. The maximum absolute atomic E-state index is 5.81. The Morgan fingerprint density at radius 3 is 2.55 bits per heavy atom. The molecule has 0 bridgehead atoms. The van der Waals surface area contributed by atoms with Gasteiger partial charge in [0.25, 0.3) is 0 Å². The van der Waals surface area contributed by atoms with Crippen molar-refractivity contribution in [3.05, 3.63) is 23.4 Å². The molecule has 0 amide bonds. The van der Waals surface area contributed by atoms with Crippen LogP contribution in [0.2, 0.25) is 0 Å². The molecule has 0 radical (unpaired) electrons. The van der Waals surface area contributed by atoms with E-state index in [0.717, 1.165) is 18.7 Å². The lowest BCUT2D eigenvalue weighted by Crippen LogP contribution is -2.35. The van der Waals surface area contributed by atoms with E-state index < -0.39 is 0 Å². The maximum Gasteiger partial charge on any atom is 0.214 e. The summed E-state index contributed by atoms with van der Waals surface area (Å²) in [7, 11) is 1.68. The summed E-state index contributed by atoms with van der Waals surface area (Å²) in [5.74, 6) is 0.680. The third-order valence-electron chi connectivity index (χ3n) is 2.82. The van der Waals surface area contributed by atoms with Crippen LogP contribution in [0.3, 0.4) is 0 Å². The third-order valence-corrected chi connectivity index (χ3v) is 2.82. The first-order valence-electron chi connectivity index (χ1n) is 7.24. The Morgan fingerprint density at radius 1 is 1.30 bits per heavy atom. The Labute approximate surface area is 122 Å². The maximum atomic E-state index is 5.81. The van der Waals surface area contributed by atoms with Crippen LogP contribution in [0.25, 0.3) is 0 Å². The fourth-order valence-corrected chi connectivity index (χ4v) is 1.81. The number of methoxy groups -OCH3 is 1. The molecule has 4 nitrogen and oxygen atoms in total. The topological polar surface area (TPSA) is 43.4 Å². The Balaban J connectivity index is 2.79. The van der Waals surface area contributed by atoms with Crippen molar-refractivity contribution in [2.24, 2.45) is 0 Å². The van der Waals surface area contributed by atoms with E-state index in [9.17, 15) is 0 Å². The van der Waals surface area contributed by atoms with Crippen molar-refractivity contribution in [1.82, 2.24) is 10.3 Å². The highest BCUT2D eigenvalue weighted by atomic mass is 16.5. The van der Waals surface area contributed by atoms with Crippen LogP contribution in [0.4, 0.5) is 0 Å². The lowest BCUT2D eigenvalue weighted by Gasteiger charge is -2.21. The number of ether oxygens (including phenoxy) is 2. The van der Waals surface area contributed by atoms with Crippen molar-refractivity contribution in [2.45, 2.75) is 59.2 Å². The van der Waals surface area contributed by atoms with Crippen molar-refractivity contribution in [3.8, 4) is 5.88 Å². The minimum absolute atomic E-state index is 0.00281. The second kappa shape index (κ2) is 7.60. The van der Waals surface area contributed by atoms with Gasteiger partial charge in [0, 0.05) is 31.0 Å². The molecular weight excluding hydrogens is 252 g/mol. The van der Waals surface area contributed by atoms with Gasteiger partial charge in [-0.1, -0.05) is 6.92 Å². The van der Waals surface area contributed by atoms with Crippen molar-refractivity contribution in [1.29, 1.82) is 0 Å². The van der Waals surface area contributed by atoms with E-state index in [1.54, 1.807) is 7.11 Å². The number of rotatable bonds is 7. The number of nitrogens with one attached hydrogen (secondary N) is 1. The zero-order chi connectivity index (χ0) is 15.2. The number of hydrogen-bond donors (Lipinski definition) is 1. The molecule has 0 saturated heterocycles. The van der Waals surface area contributed by atoms with Crippen LogP contribution in [-0.2, 0) is 17.7 Å². The molecule has 1 unspecified atom stereocenters. The number of hydrogen-bond acceptors (Lipinski definition) is 4. The molecule has 0 aliphatic carbocycles. The fourth-order valence-electron chi connectivity index (χ4n) is 1.81. The van der Waals surface area contributed by atoms with Gasteiger partial charge in [0.15, 0.2) is 0 Å². The molecule has 1 atom stereocenters. The molecule has 1 N–H and O–H groups in total. The van der Waals surface area contributed by atoms with Gasteiger partial charge < -0.3 is 14.8 Å². The molecular formula is C16H28N2O2. The van der Waals surface area contributed by atoms with Crippen LogP contribution in [-0.4, -0.2) is 30.3 Å². The second-order valence-electron chi connectivity index (χ2n) is 6.15. The van der Waals surface area contributed by atoms with E-state index in [-0.39, 0.29) is 11.6 Å². The first-order valence-corrected chi connectivity index (χ1v) is 7.24. The summed E-state index contributed by atoms with van der Waals surface area (Å²) >= 11 is 0. The molecule has 0 fully saturated rings. The van der Waals surface area contributed by atoms with Gasteiger partial charge in [0.2, 0.25) is 5.88 Å². The van der Waals surface area contributed by atoms with Gasteiger partial charge >= 0.3 is 0 Å². The average molecular weight is 280 g/mol. The van der Waals surface area contributed by atoms with Crippen LogP contribution in [0.5, 0.6) is 5.88 Å². The highest BCUT2D eigenvalue weighted by molar-refractivity contribution is 5.25. The molecule has 0 aliphatic heterocycles. The molecule has 0 aliphatic rings. The lowest BCUT2D eigenvalue weighted by atomic mass is 10.1. The first-order chi connectivity index (χ1) is 9.34. The van der Waals surface area contributed by atoms with Crippen LogP contribution < -0.4 is 10.1 Å². The number of aromatic nitrogens is 1. The van der Waals surface area contributed by atoms with Gasteiger partial charge in [-0.15, -0.1) is 0 Å². The van der Waals surface area contributed by atoms with Crippen LogP contribution >= 0.6 is 0 Å². The van der Waals surface area contributed by atoms with Crippen molar-refractivity contribution < 1.29 is 9.47 Å². The molecule has 1 aromatic heterocycles. The average Bonchev–Trinajstić information content (AvgIpc) is 2.35. The quantitative estimate of drug-likeness (QED) is 0.834. The zero-order valence-electron chi connectivity index (χ0n) is 13.6. The van der Waals surface area contributed by atoms with Crippen molar-refractivity contribution in [2.75, 3.05) is 13.7 Å². The van der Waals surface area contributed by atoms with E-state index in [0.29, 0.717) is 12.5 Å². The summed E-state index contributed by atoms with van der Waals surface area (Å²) < 4.78 is 10.9. The summed E-state index contributed by atoms with van der Waals surface area (Å²) in [5.41, 5.74) is 2.35. The molecule has 1 rings (SSSR count). The van der Waals surface area contributed by atoms with Gasteiger partial charge in [0.1, 0.15) is 6.10 Å². The predicted molar refractivity (Wildman–Crippen MR) is 82.2 cm³/mol. The van der Waals surface area contributed by atoms with E-state index in [2.05, 4.69) is 44.1 Å². The molecule has 1 heterocycles. The minimum atomic E-state index is 0.00281. The van der Waals surface area contributed by atoms with Gasteiger partial charge in [-0.3, -0.25) is 0 Å². The third kappa shape index (κ3) is 6.35. The molecule has 4 heteroatoms. The Hall–Kier alpha value is -1.13. The van der Waals surface area contributed by atoms with Crippen molar-refractivity contribution in [3.63, 3.8) is 0 Å². The van der Waals surface area contributed by atoms with E-state index in [1.807, 2.05) is 13.0 Å². The molecule has 0 saturated carbocycles. The lowest BCUT2D eigenvalue weighted by molar-refractivity contribution is 0.0887. The largest absolute Gasteiger partial charge is 0.472 e. The van der Waals surface area contributed by atoms with Gasteiger partial charge in [-0.2, -0.15) is 0 Å². The monoisotopic (exact) mass is 280 g/mol. The standard InChI is InChI=1S/C16H28N2O2/c1-7-14-8-13(10-17-16(3,4)5)9-15(18-14)20-12(2)11-19-6/h8-9,12,17H,7,10-11H2,1-6H3. The zero-order valence-corrected chi connectivity index (χ0v) is 13.6. The number of nitrogens with zero attached hydrogens (tertiary/aromatic N) is 1. The summed E-state index contributed by atoms with van der Waals surface area (Å²) in [4.78, 5) is 4.51. The normalized spacial score (nSPS) is 13.3. The predicted octanol–water partition coefficient (Wildman–Crippen LogP) is 2.95. The molecule has 114 valence electrons. The van der Waals surface area contributed by atoms with E-state index in [4.69, 9.17) is 9.47 Å². The number of pyridine rings is 1. The van der Waals surface area contributed by atoms with Crippen molar-refractivity contribution >= 4 is 0 Å². The van der Waals surface area contributed by atoms with Crippen LogP contribution in [0.15, 0.2) is 12.1 Å². The summed E-state index contributed by atoms with van der Waals surface area (Å²) in [6.07, 6.45) is 0.904. The Bertz CT molecular complexity index is 413. The molecule has 0 spiro atoms. The summed E-state index contributed by atoms with van der Waals surface area (Å²) in [5, 5.41) is 3.49. The highest BCUT2D eigenvalue weighted by Gasteiger charge is 2.11. The summed E-state index contributed by atoms with van der Waals surface area (Å²) in [6.45, 7) is 11.9. The molecule has 0 aromatic carbocycles. The molecule has 1 aromatic rings. The smallest absolute Gasteiger partial charge is 0.214 e. The van der Waals surface area contributed by atoms with Gasteiger partial charge in [-0.25, -0.2) is 4.98 Å². The van der Waals surface area contributed by atoms with Crippen LogP contribution in [0.1, 0.15) is 45.9 Å². The van der Waals surface area contributed by atoms with Gasteiger partial charge in [-0.05, 0) is 45.7 Å². The Morgan fingerprint density at radius 2 is 2.00 bits per heavy atom. The van der Waals surface area contributed by atoms with Gasteiger partial charge in [0.05, 0.1) is 6.61 Å². The SMILES string of the molecule is CCc1cc(CNC(C)(C)C)cc(OC(C)COC)n1. The Kier molecular flexibility index (Phi) is 6.43.